The summed E-state index contributed by atoms with van der Waals surface area (Å²) in [6.45, 7) is 0.209. The molecule has 0 aliphatic carbocycles. The molecule has 6 nitrogen and oxygen atoms in total. The highest BCUT2D eigenvalue weighted by Crippen LogP contribution is 2.25. The fourth-order valence-electron chi connectivity index (χ4n) is 1.50. The highest BCUT2D eigenvalue weighted by molar-refractivity contribution is 7.90. The number of nitrogens with two attached hydrogens (primary N) is 1. The van der Waals surface area contributed by atoms with Gasteiger partial charge in [0, 0.05) is 19.9 Å². The van der Waals surface area contributed by atoms with Gasteiger partial charge in [0.1, 0.15) is 0 Å². The largest absolute Gasteiger partial charge is 0.380 e. The van der Waals surface area contributed by atoms with Crippen LogP contribution in [0.5, 0.6) is 0 Å². The lowest BCUT2D eigenvalue weighted by atomic mass is 10.2. The van der Waals surface area contributed by atoms with E-state index in [0.717, 1.165) is 6.26 Å². The molecule has 3 N–H and O–H groups in total. The number of sulfone groups is 1. The third kappa shape index (κ3) is 4.75. The Labute approximate surface area is 123 Å². The molecule has 1 aromatic rings. The van der Waals surface area contributed by atoms with E-state index in [9.17, 15) is 13.2 Å². The smallest absolute Gasteiger partial charge is 0.227 e. The predicted molar refractivity (Wildman–Crippen MR) is 77.7 cm³/mol. The fourth-order valence-corrected chi connectivity index (χ4v) is 2.31. The van der Waals surface area contributed by atoms with Gasteiger partial charge in [0.05, 0.1) is 28.1 Å². The summed E-state index contributed by atoms with van der Waals surface area (Å²) in [6.07, 6.45) is 0.746. The minimum Gasteiger partial charge on any atom is -0.380 e. The molecule has 0 aliphatic heterocycles. The minimum absolute atomic E-state index is 0.0619. The van der Waals surface area contributed by atoms with Crippen LogP contribution in [0.2, 0.25) is 5.02 Å². The number of halogens is 1. The topological polar surface area (TPSA) is 98.5 Å². The zero-order valence-electron chi connectivity index (χ0n) is 11.2. The molecule has 0 radical (unpaired) electrons. The molecular formula is C12H17ClN2O4S. The third-order valence-corrected chi connectivity index (χ3v) is 4.09. The zero-order valence-corrected chi connectivity index (χ0v) is 12.8. The average molecular weight is 321 g/mol. The van der Waals surface area contributed by atoms with Crippen LogP contribution in [-0.2, 0) is 19.4 Å². The molecule has 0 heterocycles. The van der Waals surface area contributed by atoms with Crippen molar-refractivity contribution in [2.75, 3.05) is 25.2 Å². The summed E-state index contributed by atoms with van der Waals surface area (Å²) in [4.78, 5) is 11.9. The van der Waals surface area contributed by atoms with Gasteiger partial charge in [-0.1, -0.05) is 11.6 Å². The Balaban J connectivity index is 2.89. The second-order valence-electron chi connectivity index (χ2n) is 4.26. The molecule has 1 aromatic carbocycles. The summed E-state index contributed by atoms with van der Waals surface area (Å²) >= 11 is 5.93. The number of ether oxygens (including phenoxy) is 1. The first-order valence-corrected chi connectivity index (χ1v) is 8.07. The van der Waals surface area contributed by atoms with Crippen molar-refractivity contribution in [3.8, 4) is 0 Å². The van der Waals surface area contributed by atoms with Crippen LogP contribution in [0, 0.1) is 0 Å². The van der Waals surface area contributed by atoms with Gasteiger partial charge in [-0.2, -0.15) is 0 Å². The highest BCUT2D eigenvalue weighted by atomic mass is 35.5. The first kappa shape index (κ1) is 16.9. The number of amides is 1. The van der Waals surface area contributed by atoms with Crippen LogP contribution >= 0.6 is 11.6 Å². The Morgan fingerprint density at radius 3 is 2.65 bits per heavy atom. The lowest BCUT2D eigenvalue weighted by molar-refractivity contribution is -0.118. The summed E-state index contributed by atoms with van der Waals surface area (Å²) in [6, 6.07) is 4.12. The fraction of sp³-hybridized carbons (Fsp3) is 0.417. The number of hydrogen-bond donors (Lipinski definition) is 2. The molecule has 0 fully saturated rings. The maximum Gasteiger partial charge on any atom is 0.227 e. The molecular weight excluding hydrogens is 304 g/mol. The number of carbonyl (C=O) groups excluding carboxylic acids is 1. The number of nitrogens with one attached hydrogen (secondary N) is 1. The van der Waals surface area contributed by atoms with Crippen molar-refractivity contribution in [1.29, 1.82) is 0 Å². The van der Waals surface area contributed by atoms with Gasteiger partial charge in [0.25, 0.3) is 0 Å². The molecule has 1 rings (SSSR count). The van der Waals surface area contributed by atoms with Crippen LogP contribution in [0.1, 0.15) is 6.42 Å². The molecule has 20 heavy (non-hydrogen) atoms. The first-order chi connectivity index (χ1) is 9.27. The predicted octanol–water partition coefficient (Wildman–Crippen LogP) is 1.05. The van der Waals surface area contributed by atoms with Gasteiger partial charge >= 0.3 is 0 Å². The summed E-state index contributed by atoms with van der Waals surface area (Å²) in [7, 11) is -1.90. The van der Waals surface area contributed by atoms with Gasteiger partial charge in [0.15, 0.2) is 9.84 Å². The number of carbonyl (C=O) groups is 1. The quantitative estimate of drug-likeness (QED) is 0.816. The molecule has 0 spiro atoms. The molecule has 0 aromatic heterocycles. The zero-order chi connectivity index (χ0) is 15.3. The van der Waals surface area contributed by atoms with E-state index in [1.165, 1.54) is 25.3 Å². The van der Waals surface area contributed by atoms with E-state index >= 15 is 0 Å². The standard InChI is InChI=1S/C12H17ClN2O4S/c1-19-8(7-14)5-12(16)15-11-6-9(20(2,17)18)3-4-10(11)13/h3-4,6,8H,5,7,14H2,1-2H3,(H,15,16). The maximum absolute atomic E-state index is 11.8. The number of rotatable bonds is 6. The number of methoxy groups -OCH3 is 1. The Hall–Kier alpha value is -1.15. The van der Waals surface area contributed by atoms with Crippen LogP contribution < -0.4 is 11.1 Å². The molecule has 1 unspecified atom stereocenters. The maximum atomic E-state index is 11.8. The van der Waals surface area contributed by atoms with E-state index in [4.69, 9.17) is 22.1 Å². The van der Waals surface area contributed by atoms with Gasteiger partial charge in [-0.15, -0.1) is 0 Å². The van der Waals surface area contributed by atoms with Gasteiger partial charge in [-0.3, -0.25) is 4.79 Å². The molecule has 1 atom stereocenters. The number of hydrogen-bond acceptors (Lipinski definition) is 5. The highest BCUT2D eigenvalue weighted by Gasteiger charge is 2.15. The van der Waals surface area contributed by atoms with Crippen LogP contribution in [0.15, 0.2) is 23.1 Å². The summed E-state index contributed by atoms with van der Waals surface area (Å²) in [5.74, 6) is -0.352. The van der Waals surface area contributed by atoms with E-state index in [1.807, 2.05) is 0 Å². The molecule has 0 aliphatic rings. The first-order valence-electron chi connectivity index (χ1n) is 5.80. The van der Waals surface area contributed by atoms with Crippen molar-refractivity contribution in [2.45, 2.75) is 17.4 Å². The molecule has 8 heteroatoms. The molecule has 0 bridgehead atoms. The normalized spacial score (nSPS) is 13.0. The van der Waals surface area contributed by atoms with Crippen molar-refractivity contribution < 1.29 is 17.9 Å². The molecule has 1 amide bonds. The van der Waals surface area contributed by atoms with Gasteiger partial charge in [-0.05, 0) is 18.2 Å². The van der Waals surface area contributed by atoms with E-state index in [2.05, 4.69) is 5.32 Å². The van der Waals surface area contributed by atoms with Crippen LogP contribution in [0.4, 0.5) is 5.69 Å². The van der Waals surface area contributed by atoms with Crippen LogP contribution in [-0.4, -0.2) is 40.3 Å². The minimum atomic E-state index is -3.36. The van der Waals surface area contributed by atoms with Crippen LogP contribution in [0.25, 0.3) is 0 Å². The summed E-state index contributed by atoms with van der Waals surface area (Å²) < 4.78 is 27.9. The van der Waals surface area contributed by atoms with Crippen molar-refractivity contribution >= 4 is 33.0 Å². The average Bonchev–Trinajstić information content (AvgIpc) is 2.37. The Morgan fingerprint density at radius 1 is 1.50 bits per heavy atom. The third-order valence-electron chi connectivity index (χ3n) is 2.65. The number of benzene rings is 1. The van der Waals surface area contributed by atoms with E-state index in [-0.39, 0.29) is 34.5 Å². The monoisotopic (exact) mass is 320 g/mol. The van der Waals surface area contributed by atoms with E-state index in [0.29, 0.717) is 0 Å². The Kier molecular flexibility index (Phi) is 5.94. The second-order valence-corrected chi connectivity index (χ2v) is 6.68. The van der Waals surface area contributed by atoms with E-state index < -0.39 is 15.9 Å². The molecule has 112 valence electrons. The molecule has 0 saturated heterocycles. The van der Waals surface area contributed by atoms with Crippen molar-refractivity contribution in [1.82, 2.24) is 0 Å². The van der Waals surface area contributed by atoms with Crippen LogP contribution in [0.3, 0.4) is 0 Å². The van der Waals surface area contributed by atoms with Crippen molar-refractivity contribution in [2.24, 2.45) is 5.73 Å². The van der Waals surface area contributed by atoms with Gasteiger partial charge in [-0.25, -0.2) is 8.42 Å². The second kappa shape index (κ2) is 7.03. The van der Waals surface area contributed by atoms with E-state index in [1.54, 1.807) is 0 Å². The van der Waals surface area contributed by atoms with Gasteiger partial charge < -0.3 is 15.8 Å². The lowest BCUT2D eigenvalue weighted by Gasteiger charge is -2.13. The lowest BCUT2D eigenvalue weighted by Crippen LogP contribution is -2.28. The van der Waals surface area contributed by atoms with Crippen molar-refractivity contribution in [3.05, 3.63) is 23.2 Å². The summed E-state index contributed by atoms with van der Waals surface area (Å²) in [5.41, 5.74) is 5.67. The molecule has 0 saturated carbocycles. The Bertz CT molecular complexity index is 585. The summed E-state index contributed by atoms with van der Waals surface area (Å²) in [5, 5.41) is 2.81. The van der Waals surface area contributed by atoms with Gasteiger partial charge in [0.2, 0.25) is 5.91 Å². The van der Waals surface area contributed by atoms with Crippen molar-refractivity contribution in [3.63, 3.8) is 0 Å². The SMILES string of the molecule is COC(CN)CC(=O)Nc1cc(S(C)(=O)=O)ccc1Cl. The Morgan fingerprint density at radius 2 is 2.15 bits per heavy atom. The number of anilines is 1.